The summed E-state index contributed by atoms with van der Waals surface area (Å²) in [5.41, 5.74) is 0.615. The van der Waals surface area contributed by atoms with Crippen LogP contribution in [0.3, 0.4) is 0 Å². The number of benzene rings is 1. The number of rotatable bonds is 4. The first-order valence-corrected chi connectivity index (χ1v) is 7.32. The monoisotopic (exact) mass is 316 g/mol. The van der Waals surface area contributed by atoms with Crippen molar-refractivity contribution in [2.45, 2.75) is 18.9 Å². The zero-order chi connectivity index (χ0) is 16.2. The number of piperidine rings is 1. The molecule has 1 unspecified atom stereocenters. The molecule has 1 aromatic carbocycles. The highest BCUT2D eigenvalue weighted by atomic mass is 16.6. The maximum atomic E-state index is 12.2. The van der Waals surface area contributed by atoms with Crippen LogP contribution in [-0.4, -0.2) is 45.0 Å². The average Bonchev–Trinajstić information content (AvgIpc) is 3.06. The van der Waals surface area contributed by atoms with Gasteiger partial charge in [0.1, 0.15) is 0 Å². The van der Waals surface area contributed by atoms with Crippen molar-refractivity contribution >= 4 is 11.6 Å². The number of nitrogens with one attached hydrogen (secondary N) is 2. The average molecular weight is 316 g/mol. The summed E-state index contributed by atoms with van der Waals surface area (Å²) >= 11 is 0. The third kappa shape index (κ3) is 3.51. The SMILES string of the molecule is O=C(NC1CCCNC1)c1cn(-c2cccc([N+](=O)[O-])c2)nn1. The molecule has 2 N–H and O–H groups in total. The van der Waals surface area contributed by atoms with Crippen LogP contribution in [0.4, 0.5) is 5.69 Å². The Bertz CT molecular complexity index is 723. The van der Waals surface area contributed by atoms with Crippen LogP contribution in [0.15, 0.2) is 30.5 Å². The van der Waals surface area contributed by atoms with Crippen LogP contribution >= 0.6 is 0 Å². The molecule has 1 fully saturated rings. The fourth-order valence-corrected chi connectivity index (χ4v) is 2.48. The number of nitrogens with zero attached hydrogens (tertiary/aromatic N) is 4. The largest absolute Gasteiger partial charge is 0.347 e. The topological polar surface area (TPSA) is 115 Å². The van der Waals surface area contributed by atoms with Gasteiger partial charge in [-0.3, -0.25) is 14.9 Å². The van der Waals surface area contributed by atoms with E-state index in [1.165, 1.54) is 23.0 Å². The summed E-state index contributed by atoms with van der Waals surface area (Å²) < 4.78 is 1.35. The zero-order valence-corrected chi connectivity index (χ0v) is 12.3. The molecule has 1 amide bonds. The van der Waals surface area contributed by atoms with Gasteiger partial charge < -0.3 is 10.6 Å². The molecule has 2 heterocycles. The second-order valence-electron chi connectivity index (χ2n) is 5.34. The third-order valence-corrected chi connectivity index (χ3v) is 3.66. The number of hydrogen-bond acceptors (Lipinski definition) is 6. The highest BCUT2D eigenvalue weighted by molar-refractivity contribution is 5.92. The maximum absolute atomic E-state index is 12.2. The van der Waals surface area contributed by atoms with E-state index in [-0.39, 0.29) is 23.3 Å². The molecular formula is C14H16N6O3. The Balaban J connectivity index is 1.73. The van der Waals surface area contributed by atoms with E-state index in [9.17, 15) is 14.9 Å². The van der Waals surface area contributed by atoms with Gasteiger partial charge in [0.15, 0.2) is 5.69 Å². The molecule has 2 aromatic rings. The lowest BCUT2D eigenvalue weighted by Gasteiger charge is -2.23. The number of carbonyl (C=O) groups is 1. The normalized spacial score (nSPS) is 17.7. The van der Waals surface area contributed by atoms with Crippen molar-refractivity contribution in [1.82, 2.24) is 25.6 Å². The van der Waals surface area contributed by atoms with E-state index < -0.39 is 4.92 Å². The first-order chi connectivity index (χ1) is 11.1. The predicted octanol–water partition coefficient (Wildman–Crippen LogP) is 0.657. The van der Waals surface area contributed by atoms with E-state index in [4.69, 9.17) is 0 Å². The summed E-state index contributed by atoms with van der Waals surface area (Å²) in [7, 11) is 0. The molecule has 1 aromatic heterocycles. The van der Waals surface area contributed by atoms with Crippen molar-refractivity contribution in [1.29, 1.82) is 0 Å². The van der Waals surface area contributed by atoms with E-state index in [1.54, 1.807) is 12.1 Å². The fraction of sp³-hybridized carbons (Fsp3) is 0.357. The van der Waals surface area contributed by atoms with Gasteiger partial charge in [0.25, 0.3) is 11.6 Å². The minimum atomic E-state index is -0.482. The van der Waals surface area contributed by atoms with Crippen LogP contribution in [-0.2, 0) is 0 Å². The van der Waals surface area contributed by atoms with Crippen molar-refractivity contribution in [2.24, 2.45) is 0 Å². The molecule has 1 aliphatic rings. The number of nitro groups is 1. The molecule has 9 heteroatoms. The lowest BCUT2D eigenvalue weighted by Crippen LogP contribution is -2.45. The van der Waals surface area contributed by atoms with E-state index in [1.807, 2.05) is 0 Å². The molecule has 0 aliphatic carbocycles. The predicted molar refractivity (Wildman–Crippen MR) is 81.4 cm³/mol. The molecule has 120 valence electrons. The summed E-state index contributed by atoms with van der Waals surface area (Å²) in [4.78, 5) is 22.5. The maximum Gasteiger partial charge on any atom is 0.273 e. The third-order valence-electron chi connectivity index (χ3n) is 3.66. The van der Waals surface area contributed by atoms with E-state index in [2.05, 4.69) is 20.9 Å². The summed E-state index contributed by atoms with van der Waals surface area (Å²) in [6.45, 7) is 1.71. The smallest absolute Gasteiger partial charge is 0.273 e. The van der Waals surface area contributed by atoms with Crippen molar-refractivity contribution in [3.05, 3.63) is 46.3 Å². The molecule has 0 spiro atoms. The minimum absolute atomic E-state index is 0.0442. The Kier molecular flexibility index (Phi) is 4.29. The van der Waals surface area contributed by atoms with Crippen LogP contribution < -0.4 is 10.6 Å². The number of aromatic nitrogens is 3. The van der Waals surface area contributed by atoms with Gasteiger partial charge >= 0.3 is 0 Å². The lowest BCUT2D eigenvalue weighted by atomic mass is 10.1. The molecular weight excluding hydrogens is 300 g/mol. The van der Waals surface area contributed by atoms with E-state index in [0.29, 0.717) is 5.69 Å². The van der Waals surface area contributed by atoms with Gasteiger partial charge in [-0.15, -0.1) is 5.10 Å². The number of nitro benzene ring substituents is 1. The quantitative estimate of drug-likeness (QED) is 0.632. The van der Waals surface area contributed by atoms with Crippen LogP contribution in [0.5, 0.6) is 0 Å². The van der Waals surface area contributed by atoms with Gasteiger partial charge in [0.2, 0.25) is 0 Å². The Morgan fingerprint density at radius 1 is 1.48 bits per heavy atom. The fourth-order valence-electron chi connectivity index (χ4n) is 2.48. The van der Waals surface area contributed by atoms with E-state index in [0.717, 1.165) is 25.9 Å². The van der Waals surface area contributed by atoms with E-state index >= 15 is 0 Å². The van der Waals surface area contributed by atoms with Crippen molar-refractivity contribution in [3.63, 3.8) is 0 Å². The van der Waals surface area contributed by atoms with Crippen LogP contribution in [0.1, 0.15) is 23.3 Å². The molecule has 0 saturated carbocycles. The molecule has 23 heavy (non-hydrogen) atoms. The first kappa shape index (κ1) is 15.1. The Labute approximate surface area is 131 Å². The van der Waals surface area contributed by atoms with Crippen LogP contribution in [0, 0.1) is 10.1 Å². The summed E-state index contributed by atoms with van der Waals surface area (Å²) in [5, 5.41) is 24.6. The number of non-ortho nitro benzene ring substituents is 1. The highest BCUT2D eigenvalue weighted by Gasteiger charge is 2.19. The second-order valence-corrected chi connectivity index (χ2v) is 5.34. The van der Waals surface area contributed by atoms with Gasteiger partial charge in [0.05, 0.1) is 16.8 Å². The molecule has 1 atom stereocenters. The molecule has 3 rings (SSSR count). The van der Waals surface area contributed by atoms with Gasteiger partial charge in [-0.05, 0) is 25.5 Å². The minimum Gasteiger partial charge on any atom is -0.347 e. The molecule has 0 bridgehead atoms. The lowest BCUT2D eigenvalue weighted by molar-refractivity contribution is -0.384. The van der Waals surface area contributed by atoms with Crippen molar-refractivity contribution in [2.75, 3.05) is 13.1 Å². The Morgan fingerprint density at radius 2 is 2.35 bits per heavy atom. The van der Waals surface area contributed by atoms with Crippen LogP contribution in [0.25, 0.3) is 5.69 Å². The van der Waals surface area contributed by atoms with Crippen molar-refractivity contribution < 1.29 is 9.72 Å². The van der Waals surface area contributed by atoms with Gasteiger partial charge in [-0.1, -0.05) is 11.3 Å². The first-order valence-electron chi connectivity index (χ1n) is 7.32. The van der Waals surface area contributed by atoms with Gasteiger partial charge in [0, 0.05) is 24.7 Å². The summed E-state index contributed by atoms with van der Waals surface area (Å²) in [5.74, 6) is -0.296. The van der Waals surface area contributed by atoms with Gasteiger partial charge in [-0.25, -0.2) is 4.68 Å². The number of hydrogen-bond donors (Lipinski definition) is 2. The Hall–Kier alpha value is -2.81. The Morgan fingerprint density at radius 3 is 3.09 bits per heavy atom. The summed E-state index contributed by atoms with van der Waals surface area (Å²) in [6, 6.07) is 6.07. The zero-order valence-electron chi connectivity index (χ0n) is 12.3. The van der Waals surface area contributed by atoms with Crippen LogP contribution in [0.2, 0.25) is 0 Å². The highest BCUT2D eigenvalue weighted by Crippen LogP contribution is 2.16. The van der Waals surface area contributed by atoms with Crippen molar-refractivity contribution in [3.8, 4) is 5.69 Å². The second kappa shape index (κ2) is 6.53. The number of carbonyl (C=O) groups excluding carboxylic acids is 1. The molecule has 9 nitrogen and oxygen atoms in total. The summed E-state index contributed by atoms with van der Waals surface area (Å²) in [6.07, 6.45) is 3.41. The standard InChI is InChI=1S/C14H16N6O3/c21-14(16-10-3-2-6-15-8-10)13-9-19(18-17-13)11-4-1-5-12(7-11)20(22)23/h1,4-5,7,9-10,15H,2-3,6,8H2,(H,16,21). The molecule has 0 radical (unpaired) electrons. The number of amides is 1. The molecule has 1 aliphatic heterocycles. The van der Waals surface area contributed by atoms with Gasteiger partial charge in [-0.2, -0.15) is 0 Å². The molecule has 1 saturated heterocycles.